The molecule has 2 aromatic rings. The first kappa shape index (κ1) is 16.5. The molecule has 3 N–H and O–H groups in total. The van der Waals surface area contributed by atoms with Crippen molar-refractivity contribution in [3.63, 3.8) is 0 Å². The molecule has 0 saturated heterocycles. The number of benzene rings is 2. The van der Waals surface area contributed by atoms with E-state index in [1.165, 1.54) is 25.3 Å². The molecule has 0 aliphatic carbocycles. The summed E-state index contributed by atoms with van der Waals surface area (Å²) in [6, 6.07) is 7.57. The molecule has 2 amide bonds. The van der Waals surface area contributed by atoms with Gasteiger partial charge in [-0.15, -0.1) is 0 Å². The average Bonchev–Trinajstić information content (AvgIpc) is 2.49. The van der Waals surface area contributed by atoms with Gasteiger partial charge in [-0.25, -0.2) is 4.79 Å². The van der Waals surface area contributed by atoms with Crippen LogP contribution < -0.4 is 15.4 Å². The van der Waals surface area contributed by atoms with Gasteiger partial charge in [0.05, 0.1) is 18.4 Å². The molecule has 122 valence electrons. The zero-order valence-electron chi connectivity index (χ0n) is 11.9. The summed E-state index contributed by atoms with van der Waals surface area (Å²) in [5.74, 6) is 0.211. The number of urea groups is 1. The number of phenolic OH excluding ortho intramolecular Hbond substituents is 1. The molecule has 5 nitrogen and oxygen atoms in total. The van der Waals surface area contributed by atoms with Crippen LogP contribution in [0.5, 0.6) is 11.5 Å². The molecule has 2 rings (SSSR count). The molecule has 0 aromatic heterocycles. The third-order valence-corrected chi connectivity index (χ3v) is 2.92. The Hall–Kier alpha value is -2.90. The van der Waals surface area contributed by atoms with Gasteiger partial charge in [0.1, 0.15) is 11.5 Å². The lowest BCUT2D eigenvalue weighted by Crippen LogP contribution is -2.19. The van der Waals surface area contributed by atoms with Crippen LogP contribution in [0.3, 0.4) is 0 Å². The SMILES string of the molecule is COc1ccc(NC(=O)Nc2ccc(C(F)(F)F)cc2)c(O)c1. The summed E-state index contributed by atoms with van der Waals surface area (Å²) >= 11 is 0. The van der Waals surface area contributed by atoms with Crippen LogP contribution in [-0.4, -0.2) is 18.2 Å². The van der Waals surface area contributed by atoms with Crippen molar-refractivity contribution in [3.8, 4) is 11.5 Å². The number of hydrogen-bond donors (Lipinski definition) is 3. The smallest absolute Gasteiger partial charge is 0.416 e. The second-order valence-electron chi connectivity index (χ2n) is 4.54. The van der Waals surface area contributed by atoms with Crippen LogP contribution in [0.4, 0.5) is 29.3 Å². The molecule has 0 atom stereocenters. The van der Waals surface area contributed by atoms with Crippen molar-refractivity contribution in [2.24, 2.45) is 0 Å². The number of anilines is 2. The third kappa shape index (κ3) is 4.29. The minimum absolute atomic E-state index is 0.134. The molecule has 0 radical (unpaired) electrons. The summed E-state index contributed by atoms with van der Waals surface area (Å²) in [5.41, 5.74) is -0.491. The molecular formula is C15H13F3N2O3. The zero-order valence-corrected chi connectivity index (χ0v) is 11.9. The predicted molar refractivity (Wildman–Crippen MR) is 78.7 cm³/mol. The summed E-state index contributed by atoms with van der Waals surface area (Å²) in [4.78, 5) is 11.8. The standard InChI is InChI=1S/C15H13F3N2O3/c1-23-11-6-7-12(13(21)8-11)20-14(22)19-10-4-2-9(3-5-10)15(16,17)18/h2-8,21H,1H3,(H2,19,20,22). The van der Waals surface area contributed by atoms with Crippen molar-refractivity contribution < 1.29 is 27.8 Å². The molecule has 23 heavy (non-hydrogen) atoms. The Balaban J connectivity index is 2.02. The lowest BCUT2D eigenvalue weighted by atomic mass is 10.2. The van der Waals surface area contributed by atoms with Crippen molar-refractivity contribution in [1.82, 2.24) is 0 Å². The molecule has 0 saturated carbocycles. The van der Waals surface area contributed by atoms with Gasteiger partial charge in [0.2, 0.25) is 0 Å². The van der Waals surface area contributed by atoms with E-state index in [0.717, 1.165) is 24.3 Å². The van der Waals surface area contributed by atoms with Crippen molar-refractivity contribution in [2.75, 3.05) is 17.7 Å². The van der Waals surface area contributed by atoms with Gasteiger partial charge in [0, 0.05) is 11.8 Å². The van der Waals surface area contributed by atoms with E-state index in [1.807, 2.05) is 0 Å². The fourth-order valence-corrected chi connectivity index (χ4v) is 1.77. The van der Waals surface area contributed by atoms with Gasteiger partial charge in [-0.05, 0) is 36.4 Å². The Morgan fingerprint density at radius 2 is 1.74 bits per heavy atom. The number of carbonyl (C=O) groups is 1. The summed E-state index contributed by atoms with van der Waals surface area (Å²) in [7, 11) is 1.43. The second-order valence-corrected chi connectivity index (χ2v) is 4.54. The number of ether oxygens (including phenoxy) is 1. The minimum Gasteiger partial charge on any atom is -0.506 e. The molecular weight excluding hydrogens is 313 g/mol. The number of amides is 2. The van der Waals surface area contributed by atoms with Crippen molar-refractivity contribution in [3.05, 3.63) is 48.0 Å². The summed E-state index contributed by atoms with van der Waals surface area (Å²) in [5, 5.41) is 14.5. The Morgan fingerprint density at radius 3 is 2.26 bits per heavy atom. The zero-order chi connectivity index (χ0) is 17.0. The number of hydrogen-bond acceptors (Lipinski definition) is 3. The molecule has 0 aliphatic heterocycles. The number of rotatable bonds is 3. The minimum atomic E-state index is -4.43. The van der Waals surface area contributed by atoms with E-state index in [9.17, 15) is 23.1 Å². The molecule has 2 aromatic carbocycles. The number of halogens is 3. The second kappa shape index (κ2) is 6.47. The molecule has 8 heteroatoms. The maximum Gasteiger partial charge on any atom is 0.416 e. The number of phenols is 1. The fraction of sp³-hybridized carbons (Fsp3) is 0.133. The Kier molecular flexibility index (Phi) is 4.63. The summed E-state index contributed by atoms with van der Waals surface area (Å²) in [6.45, 7) is 0. The van der Waals surface area contributed by atoms with Crippen LogP contribution in [0.15, 0.2) is 42.5 Å². The Bertz CT molecular complexity index is 700. The maximum absolute atomic E-state index is 12.4. The van der Waals surface area contributed by atoms with Crippen LogP contribution >= 0.6 is 0 Å². The Labute approximate surface area is 129 Å². The van der Waals surface area contributed by atoms with Gasteiger partial charge >= 0.3 is 12.2 Å². The fourth-order valence-electron chi connectivity index (χ4n) is 1.77. The third-order valence-electron chi connectivity index (χ3n) is 2.92. The van der Waals surface area contributed by atoms with E-state index in [1.54, 1.807) is 0 Å². The highest BCUT2D eigenvalue weighted by Crippen LogP contribution is 2.30. The van der Waals surface area contributed by atoms with Crippen LogP contribution in [0.2, 0.25) is 0 Å². The van der Waals surface area contributed by atoms with E-state index >= 15 is 0 Å². The first-order chi connectivity index (χ1) is 10.8. The van der Waals surface area contributed by atoms with Crippen LogP contribution in [-0.2, 0) is 6.18 Å². The molecule has 0 spiro atoms. The van der Waals surface area contributed by atoms with Crippen LogP contribution in [0.1, 0.15) is 5.56 Å². The first-order valence-electron chi connectivity index (χ1n) is 6.42. The van der Waals surface area contributed by atoms with E-state index in [0.29, 0.717) is 5.75 Å². The summed E-state index contributed by atoms with van der Waals surface area (Å²) in [6.07, 6.45) is -4.43. The number of aromatic hydroxyl groups is 1. The lowest BCUT2D eigenvalue weighted by molar-refractivity contribution is -0.137. The predicted octanol–water partition coefficient (Wildman–Crippen LogP) is 4.06. The molecule has 0 heterocycles. The van der Waals surface area contributed by atoms with Gasteiger partial charge < -0.3 is 20.5 Å². The average molecular weight is 326 g/mol. The van der Waals surface area contributed by atoms with E-state index in [-0.39, 0.29) is 17.1 Å². The van der Waals surface area contributed by atoms with E-state index < -0.39 is 17.8 Å². The van der Waals surface area contributed by atoms with Crippen LogP contribution in [0, 0.1) is 0 Å². The van der Waals surface area contributed by atoms with Gasteiger partial charge in [-0.1, -0.05) is 0 Å². The molecule has 0 fully saturated rings. The van der Waals surface area contributed by atoms with Crippen molar-refractivity contribution in [1.29, 1.82) is 0 Å². The number of nitrogens with one attached hydrogen (secondary N) is 2. The number of methoxy groups -OCH3 is 1. The Morgan fingerprint density at radius 1 is 1.09 bits per heavy atom. The van der Waals surface area contributed by atoms with Crippen molar-refractivity contribution in [2.45, 2.75) is 6.18 Å². The summed E-state index contributed by atoms with van der Waals surface area (Å²) < 4.78 is 42.2. The highest BCUT2D eigenvalue weighted by molar-refractivity contribution is 6.00. The van der Waals surface area contributed by atoms with Gasteiger partial charge in [0.25, 0.3) is 0 Å². The molecule has 0 aliphatic rings. The molecule has 0 bridgehead atoms. The topological polar surface area (TPSA) is 70.6 Å². The van der Waals surface area contributed by atoms with Crippen molar-refractivity contribution >= 4 is 17.4 Å². The number of alkyl halides is 3. The van der Waals surface area contributed by atoms with Crippen LogP contribution in [0.25, 0.3) is 0 Å². The quantitative estimate of drug-likeness (QED) is 0.745. The highest BCUT2D eigenvalue weighted by atomic mass is 19.4. The largest absolute Gasteiger partial charge is 0.506 e. The first-order valence-corrected chi connectivity index (χ1v) is 6.42. The van der Waals surface area contributed by atoms with Gasteiger partial charge in [0.15, 0.2) is 0 Å². The maximum atomic E-state index is 12.4. The number of carbonyl (C=O) groups excluding carboxylic acids is 1. The van der Waals surface area contributed by atoms with E-state index in [4.69, 9.17) is 4.74 Å². The highest BCUT2D eigenvalue weighted by Gasteiger charge is 2.29. The monoisotopic (exact) mass is 326 g/mol. The van der Waals surface area contributed by atoms with E-state index in [2.05, 4.69) is 10.6 Å². The van der Waals surface area contributed by atoms with Gasteiger partial charge in [-0.3, -0.25) is 0 Å². The lowest BCUT2D eigenvalue weighted by Gasteiger charge is -2.11. The normalized spacial score (nSPS) is 11.0. The molecule has 0 unspecified atom stereocenters. The van der Waals surface area contributed by atoms with Gasteiger partial charge in [-0.2, -0.15) is 13.2 Å².